The Hall–Kier alpha value is -8.04. The number of aromatic nitrogens is 5. The summed E-state index contributed by atoms with van der Waals surface area (Å²) in [6, 6.07) is 62.4. The lowest BCUT2D eigenvalue weighted by Crippen LogP contribution is -2.01. The minimum Gasteiger partial charge on any atom is -0.455 e. The van der Waals surface area contributed by atoms with Gasteiger partial charge in [-0.05, 0) is 77.9 Å². The van der Waals surface area contributed by atoms with Crippen LogP contribution in [0.25, 0.3) is 135 Å². The Morgan fingerprint density at radius 3 is 2.00 bits per heavy atom. The fraction of sp³-hybridized carbons (Fsp3) is 0. The summed E-state index contributed by atoms with van der Waals surface area (Å²) in [6.45, 7) is 0. The maximum Gasteiger partial charge on any atom is 0.167 e. The van der Waals surface area contributed by atoms with Crippen molar-refractivity contribution < 1.29 is 4.42 Å². The van der Waals surface area contributed by atoms with Crippen LogP contribution < -0.4 is 0 Å². The van der Waals surface area contributed by atoms with Gasteiger partial charge in [-0.25, -0.2) is 15.0 Å². The van der Waals surface area contributed by atoms with Gasteiger partial charge in [-0.15, -0.1) is 22.7 Å². The van der Waals surface area contributed by atoms with Crippen molar-refractivity contribution >= 4 is 107 Å². The summed E-state index contributed by atoms with van der Waals surface area (Å²) in [6.07, 6.45) is 3.83. The molecule has 0 aliphatic heterocycles. The molecule has 0 fully saturated rings. The SMILES string of the molecule is c1ccc(-c2nc(-c3cccc4c3oc3ccccc34)nc(-c3cc(-n4c5ccccc5c5cc(-c6ccc7sc8ccccc8c7c6)ccc54)cc4c3sc3cnccc34)n2)cc1. The molecule has 0 atom stereocenters. The normalized spacial score (nSPS) is 12.1. The highest BCUT2D eigenvalue weighted by atomic mass is 32.1. The maximum atomic E-state index is 6.55. The molecule has 0 aliphatic carbocycles. The van der Waals surface area contributed by atoms with Crippen LogP contribution in [0.4, 0.5) is 0 Å². The Kier molecular flexibility index (Phi) is 7.63. The minimum absolute atomic E-state index is 0.549. The van der Waals surface area contributed by atoms with Crippen LogP contribution in [-0.2, 0) is 0 Å². The highest BCUT2D eigenvalue weighted by Gasteiger charge is 2.22. The summed E-state index contributed by atoms with van der Waals surface area (Å²) < 4.78 is 13.7. The van der Waals surface area contributed by atoms with Gasteiger partial charge < -0.3 is 8.98 Å². The fourth-order valence-corrected chi connectivity index (χ4v) is 11.9. The number of nitrogens with zero attached hydrogens (tertiary/aromatic N) is 5. The fourth-order valence-electron chi connectivity index (χ4n) is 9.61. The third kappa shape index (κ3) is 5.36. The molecule has 8 aromatic carbocycles. The van der Waals surface area contributed by atoms with Crippen LogP contribution in [-0.4, -0.2) is 24.5 Å². The molecule has 0 spiro atoms. The first kappa shape index (κ1) is 35.5. The van der Waals surface area contributed by atoms with Gasteiger partial charge in [0, 0.05) is 86.4 Å². The number of thiophene rings is 2. The molecule has 6 nitrogen and oxygen atoms in total. The quantitative estimate of drug-likeness (QED) is 0.172. The predicted molar refractivity (Wildman–Crippen MR) is 267 cm³/mol. The van der Waals surface area contributed by atoms with Crippen molar-refractivity contribution in [2.45, 2.75) is 0 Å². The molecule has 0 radical (unpaired) electrons. The molecule has 0 saturated carbocycles. The summed E-state index contributed by atoms with van der Waals surface area (Å²) >= 11 is 3.57. The molecule has 6 heterocycles. The Labute approximate surface area is 373 Å². The Morgan fingerprint density at radius 2 is 1.09 bits per heavy atom. The van der Waals surface area contributed by atoms with Crippen LogP contribution in [0.5, 0.6) is 0 Å². The van der Waals surface area contributed by atoms with Gasteiger partial charge in [-0.3, -0.25) is 4.98 Å². The second-order valence-electron chi connectivity index (χ2n) is 16.2. The highest BCUT2D eigenvalue weighted by Crippen LogP contribution is 2.44. The van der Waals surface area contributed by atoms with Crippen LogP contribution in [0, 0.1) is 0 Å². The van der Waals surface area contributed by atoms with Gasteiger partial charge in [0.05, 0.1) is 21.3 Å². The first-order valence-corrected chi connectivity index (χ1v) is 22.8. The van der Waals surface area contributed by atoms with Crippen molar-refractivity contribution in [2.75, 3.05) is 0 Å². The van der Waals surface area contributed by atoms with E-state index in [4.69, 9.17) is 19.4 Å². The van der Waals surface area contributed by atoms with Crippen LogP contribution >= 0.6 is 22.7 Å². The van der Waals surface area contributed by atoms with Gasteiger partial charge >= 0.3 is 0 Å². The number of hydrogen-bond donors (Lipinski definition) is 0. The van der Waals surface area contributed by atoms with E-state index in [9.17, 15) is 0 Å². The van der Waals surface area contributed by atoms with Crippen molar-refractivity contribution in [2.24, 2.45) is 0 Å². The molecule has 298 valence electrons. The number of para-hydroxylation sites is 3. The molecule has 14 aromatic rings. The largest absolute Gasteiger partial charge is 0.455 e. The molecule has 8 heteroatoms. The van der Waals surface area contributed by atoms with E-state index in [-0.39, 0.29) is 0 Å². The molecule has 64 heavy (non-hydrogen) atoms. The highest BCUT2D eigenvalue weighted by molar-refractivity contribution is 7.26. The van der Waals surface area contributed by atoms with Crippen molar-refractivity contribution in [3.63, 3.8) is 0 Å². The lowest BCUT2D eigenvalue weighted by Gasteiger charge is -2.13. The van der Waals surface area contributed by atoms with E-state index >= 15 is 0 Å². The maximum absolute atomic E-state index is 6.55. The van der Waals surface area contributed by atoms with Gasteiger partial charge in [0.15, 0.2) is 17.5 Å². The average Bonchev–Trinajstić information content (AvgIpc) is 4.12. The van der Waals surface area contributed by atoms with E-state index < -0.39 is 0 Å². The van der Waals surface area contributed by atoms with Crippen molar-refractivity contribution in [1.29, 1.82) is 0 Å². The molecule has 0 unspecified atom stereocenters. The van der Waals surface area contributed by atoms with Gasteiger partial charge in [0.25, 0.3) is 0 Å². The van der Waals surface area contributed by atoms with Crippen molar-refractivity contribution in [1.82, 2.24) is 24.5 Å². The molecule has 0 aliphatic rings. The Morgan fingerprint density at radius 1 is 0.406 bits per heavy atom. The van der Waals surface area contributed by atoms with E-state index in [1.54, 1.807) is 11.3 Å². The van der Waals surface area contributed by atoms with E-state index in [1.807, 2.05) is 66.2 Å². The molecular formula is C56H31N5OS2. The van der Waals surface area contributed by atoms with Crippen molar-refractivity contribution in [3.05, 3.63) is 188 Å². The van der Waals surface area contributed by atoms with Gasteiger partial charge in [0.2, 0.25) is 0 Å². The number of rotatable bonds is 5. The number of furan rings is 1. The van der Waals surface area contributed by atoms with Crippen LogP contribution in [0.1, 0.15) is 0 Å². The minimum atomic E-state index is 0.549. The molecular weight excluding hydrogens is 823 g/mol. The molecule has 0 bridgehead atoms. The van der Waals surface area contributed by atoms with Gasteiger partial charge in [-0.1, -0.05) is 109 Å². The Balaban J connectivity index is 1.02. The van der Waals surface area contributed by atoms with Gasteiger partial charge in [0.1, 0.15) is 11.2 Å². The van der Waals surface area contributed by atoms with E-state index in [0.717, 1.165) is 75.5 Å². The predicted octanol–water partition coefficient (Wildman–Crippen LogP) is 15.7. The topological polar surface area (TPSA) is 69.6 Å². The van der Waals surface area contributed by atoms with E-state index in [0.29, 0.717) is 17.5 Å². The lowest BCUT2D eigenvalue weighted by molar-refractivity contribution is 0.669. The summed E-state index contributed by atoms with van der Waals surface area (Å²) in [5, 5.41) is 9.32. The van der Waals surface area contributed by atoms with Gasteiger partial charge in [-0.2, -0.15) is 0 Å². The second kappa shape index (κ2) is 13.7. The van der Waals surface area contributed by atoms with Crippen LogP contribution in [0.15, 0.2) is 193 Å². The molecule has 14 rings (SSSR count). The third-order valence-corrected chi connectivity index (χ3v) is 14.9. The first-order chi connectivity index (χ1) is 31.7. The average molecular weight is 854 g/mol. The smallest absolute Gasteiger partial charge is 0.167 e. The monoisotopic (exact) mass is 853 g/mol. The third-order valence-electron chi connectivity index (χ3n) is 12.6. The molecule has 6 aromatic heterocycles. The zero-order valence-corrected chi connectivity index (χ0v) is 35.5. The number of hydrogen-bond acceptors (Lipinski definition) is 7. The summed E-state index contributed by atoms with van der Waals surface area (Å²) in [5.41, 5.74) is 9.87. The van der Waals surface area contributed by atoms with Crippen LogP contribution in [0.2, 0.25) is 0 Å². The first-order valence-electron chi connectivity index (χ1n) is 21.2. The summed E-state index contributed by atoms with van der Waals surface area (Å²) in [7, 11) is 0. The Bertz CT molecular complexity index is 4220. The van der Waals surface area contributed by atoms with E-state index in [1.165, 1.54) is 42.1 Å². The second-order valence-corrected chi connectivity index (χ2v) is 18.3. The lowest BCUT2D eigenvalue weighted by atomic mass is 10.0. The molecule has 0 N–H and O–H groups in total. The zero-order valence-electron chi connectivity index (χ0n) is 33.9. The summed E-state index contributed by atoms with van der Waals surface area (Å²) in [4.78, 5) is 20.4. The number of pyridine rings is 1. The zero-order chi connectivity index (χ0) is 41.9. The standard InChI is InChI=1S/C56H31N5OS2/c1-2-11-32(12-3-1)54-58-55(41-17-10-16-40-37-14-5-8-19-48(37)62-52(40)41)60-56(59-54)45-30-35(29-44-39-25-26-57-31-51(39)64-53(44)45)61-46-18-7-4-13-36(46)42-27-33(21-23-47(42)61)34-22-24-50-43(28-34)38-15-6-9-20-49(38)63-50/h1-31H. The van der Waals surface area contributed by atoms with Crippen molar-refractivity contribution in [3.8, 4) is 51.0 Å². The summed E-state index contributed by atoms with van der Waals surface area (Å²) in [5.74, 6) is 1.73. The number of fused-ring (bicyclic) bond motifs is 12. The number of benzene rings is 8. The van der Waals surface area contributed by atoms with E-state index in [2.05, 4.69) is 143 Å². The van der Waals surface area contributed by atoms with Crippen LogP contribution in [0.3, 0.4) is 0 Å². The molecule has 0 amide bonds. The molecule has 0 saturated heterocycles.